The lowest BCUT2D eigenvalue weighted by Crippen LogP contribution is -1.89. The van der Waals surface area contributed by atoms with Gasteiger partial charge in [0.2, 0.25) is 0 Å². The van der Waals surface area contributed by atoms with Gasteiger partial charge in [0.1, 0.15) is 0 Å². The first-order chi connectivity index (χ1) is 4.43. The normalized spacial score (nSPS) is 22.6. The van der Waals surface area contributed by atoms with Crippen molar-refractivity contribution in [3.63, 3.8) is 0 Å². The smallest absolute Gasteiger partial charge is 0.0477 e. The third-order valence-electron chi connectivity index (χ3n) is 1.91. The van der Waals surface area contributed by atoms with Crippen molar-refractivity contribution in [3.05, 3.63) is 5.92 Å². The molecule has 1 rings (SSSR count). The van der Waals surface area contributed by atoms with E-state index in [1.54, 1.807) is 0 Å². The van der Waals surface area contributed by atoms with Gasteiger partial charge in [0.05, 0.1) is 0 Å². The van der Waals surface area contributed by atoms with Crippen molar-refractivity contribution in [1.82, 2.24) is 0 Å². The van der Waals surface area contributed by atoms with E-state index in [0.29, 0.717) is 0 Å². The fraction of sp³-hybridized carbons (Fsp3) is 0.667. The van der Waals surface area contributed by atoms with E-state index < -0.39 is 0 Å². The molecular weight excluding hydrogens is 108 g/mol. The zero-order chi connectivity index (χ0) is 6.53. The van der Waals surface area contributed by atoms with Crippen LogP contribution in [0, 0.1) is 18.3 Å². The lowest BCUT2D eigenvalue weighted by Gasteiger charge is -2.01. The summed E-state index contributed by atoms with van der Waals surface area (Å²) in [6, 6.07) is 0. The first-order valence-corrected chi connectivity index (χ1v) is 3.75. The number of hydrogen-bond acceptors (Lipinski definition) is 0. The summed E-state index contributed by atoms with van der Waals surface area (Å²) >= 11 is 0. The van der Waals surface area contributed by atoms with Crippen LogP contribution in [0.2, 0.25) is 0 Å². The van der Waals surface area contributed by atoms with Crippen LogP contribution in [0.25, 0.3) is 0 Å². The van der Waals surface area contributed by atoms with Crippen LogP contribution in [0.1, 0.15) is 38.5 Å². The summed E-state index contributed by atoms with van der Waals surface area (Å²) < 4.78 is 0. The van der Waals surface area contributed by atoms with E-state index in [1.165, 1.54) is 44.4 Å². The van der Waals surface area contributed by atoms with Crippen LogP contribution in [-0.4, -0.2) is 0 Å². The second kappa shape index (κ2) is 3.56. The summed E-state index contributed by atoms with van der Waals surface area (Å²) in [4.78, 5) is 0. The van der Waals surface area contributed by atoms with Crippen LogP contribution in [-0.2, 0) is 0 Å². The zero-order valence-electron chi connectivity index (χ0n) is 5.82. The van der Waals surface area contributed by atoms with Gasteiger partial charge in [0.25, 0.3) is 0 Å². The Hall–Kier alpha value is -0.440. The second-order valence-electron chi connectivity index (χ2n) is 2.66. The lowest BCUT2D eigenvalue weighted by atomic mass is 10.0. The van der Waals surface area contributed by atoms with Gasteiger partial charge in [0, 0.05) is 5.92 Å². The molecular formula is C9H13. The Bertz CT molecular complexity index is 99.7. The number of terminal acetylenes is 1. The minimum absolute atomic E-state index is 1.19. The van der Waals surface area contributed by atoms with E-state index in [2.05, 4.69) is 5.92 Å². The Kier molecular flexibility index (Phi) is 2.64. The Labute approximate surface area is 57.7 Å². The summed E-state index contributed by atoms with van der Waals surface area (Å²) in [6.45, 7) is 0. The molecule has 0 aromatic rings. The van der Waals surface area contributed by atoms with E-state index in [9.17, 15) is 0 Å². The molecule has 0 spiro atoms. The predicted octanol–water partition coefficient (Wildman–Crippen LogP) is 2.55. The molecule has 1 aliphatic carbocycles. The summed E-state index contributed by atoms with van der Waals surface area (Å²) in [5.41, 5.74) is 0. The quantitative estimate of drug-likeness (QED) is 0.341. The molecule has 1 fully saturated rings. The van der Waals surface area contributed by atoms with Crippen LogP contribution in [0.3, 0.4) is 0 Å². The molecule has 1 saturated carbocycles. The molecule has 1 aliphatic rings. The second-order valence-corrected chi connectivity index (χ2v) is 2.66. The van der Waals surface area contributed by atoms with Crippen LogP contribution >= 0.6 is 0 Å². The van der Waals surface area contributed by atoms with E-state index >= 15 is 0 Å². The van der Waals surface area contributed by atoms with Crippen LogP contribution in [0.4, 0.5) is 0 Å². The van der Waals surface area contributed by atoms with Crippen molar-refractivity contribution >= 4 is 0 Å². The average molecular weight is 121 g/mol. The molecule has 1 radical (unpaired) electrons. The summed E-state index contributed by atoms with van der Waals surface area (Å²) in [5.74, 6) is 4.10. The average Bonchev–Trinajstić information content (AvgIpc) is 2.13. The molecule has 9 heavy (non-hydrogen) atoms. The molecule has 0 aromatic heterocycles. The third-order valence-corrected chi connectivity index (χ3v) is 1.91. The summed E-state index contributed by atoms with van der Waals surface area (Å²) in [7, 11) is 0. The van der Waals surface area contributed by atoms with Crippen molar-refractivity contribution in [1.29, 1.82) is 0 Å². The maximum atomic E-state index is 5.29. The van der Waals surface area contributed by atoms with E-state index in [0.717, 1.165) is 0 Å². The monoisotopic (exact) mass is 121 g/mol. The van der Waals surface area contributed by atoms with Gasteiger partial charge in [-0.25, -0.2) is 0 Å². The lowest BCUT2D eigenvalue weighted by molar-refractivity contribution is 0.702. The third kappa shape index (κ3) is 2.10. The van der Waals surface area contributed by atoms with Crippen molar-refractivity contribution in [3.8, 4) is 12.3 Å². The molecule has 0 bridgehead atoms. The van der Waals surface area contributed by atoms with Gasteiger partial charge < -0.3 is 0 Å². The van der Waals surface area contributed by atoms with Crippen molar-refractivity contribution in [2.45, 2.75) is 38.5 Å². The molecule has 49 valence electrons. The Morgan fingerprint density at radius 3 is 2.00 bits per heavy atom. The van der Waals surface area contributed by atoms with E-state index in [1.807, 2.05) is 0 Å². The van der Waals surface area contributed by atoms with Gasteiger partial charge in [-0.1, -0.05) is 31.6 Å². The number of hydrogen-bond donors (Lipinski definition) is 0. The minimum atomic E-state index is 1.19. The largest absolute Gasteiger partial charge is 0.119 e. The van der Waals surface area contributed by atoms with Gasteiger partial charge in [-0.3, -0.25) is 0 Å². The first-order valence-electron chi connectivity index (χ1n) is 3.75. The fourth-order valence-corrected chi connectivity index (χ4v) is 1.30. The van der Waals surface area contributed by atoms with Crippen LogP contribution < -0.4 is 0 Å². The van der Waals surface area contributed by atoms with Gasteiger partial charge in [-0.2, -0.15) is 0 Å². The SMILES string of the molecule is C#C[C]1CCCCCC1. The van der Waals surface area contributed by atoms with Crippen molar-refractivity contribution in [2.24, 2.45) is 0 Å². The highest BCUT2D eigenvalue weighted by molar-refractivity contribution is 5.16. The van der Waals surface area contributed by atoms with Crippen molar-refractivity contribution < 1.29 is 0 Å². The maximum Gasteiger partial charge on any atom is 0.0477 e. The molecule has 0 aliphatic heterocycles. The Morgan fingerprint density at radius 2 is 1.56 bits per heavy atom. The molecule has 0 amide bonds. The highest BCUT2D eigenvalue weighted by Gasteiger charge is 2.08. The van der Waals surface area contributed by atoms with Gasteiger partial charge in [-0.05, 0) is 12.8 Å². The van der Waals surface area contributed by atoms with Gasteiger partial charge in [0.15, 0.2) is 0 Å². The van der Waals surface area contributed by atoms with E-state index in [-0.39, 0.29) is 0 Å². The molecule has 0 unspecified atom stereocenters. The van der Waals surface area contributed by atoms with Crippen LogP contribution in [0.5, 0.6) is 0 Å². The summed E-state index contributed by atoms with van der Waals surface area (Å²) in [6.07, 6.45) is 13.1. The first kappa shape index (κ1) is 6.68. The zero-order valence-corrected chi connectivity index (χ0v) is 5.82. The molecule has 0 N–H and O–H groups in total. The number of rotatable bonds is 0. The predicted molar refractivity (Wildman–Crippen MR) is 39.8 cm³/mol. The van der Waals surface area contributed by atoms with E-state index in [4.69, 9.17) is 6.42 Å². The highest BCUT2D eigenvalue weighted by atomic mass is 14.1. The van der Waals surface area contributed by atoms with Gasteiger partial charge >= 0.3 is 0 Å². The van der Waals surface area contributed by atoms with Gasteiger partial charge in [-0.15, -0.1) is 6.42 Å². The molecule has 0 nitrogen and oxygen atoms in total. The fourth-order valence-electron chi connectivity index (χ4n) is 1.30. The van der Waals surface area contributed by atoms with Crippen molar-refractivity contribution in [2.75, 3.05) is 0 Å². The minimum Gasteiger partial charge on any atom is -0.119 e. The molecule has 0 saturated heterocycles. The van der Waals surface area contributed by atoms with Crippen LogP contribution in [0.15, 0.2) is 0 Å². The topological polar surface area (TPSA) is 0 Å². The maximum absolute atomic E-state index is 5.29. The Balaban J connectivity index is 2.29. The molecule has 0 aromatic carbocycles. The molecule has 0 atom stereocenters. The summed E-state index contributed by atoms with van der Waals surface area (Å²) in [5, 5.41) is 0. The molecule has 0 heteroatoms. The highest BCUT2D eigenvalue weighted by Crippen LogP contribution is 2.23. The standard InChI is InChI=1S/C9H13/c1-2-9-7-5-3-4-6-8-9/h1H,3-8H2. The Morgan fingerprint density at radius 1 is 1.00 bits per heavy atom. The molecule has 0 heterocycles.